The fourth-order valence-corrected chi connectivity index (χ4v) is 3.38. The molecule has 0 spiro atoms. The van der Waals surface area contributed by atoms with Crippen LogP contribution in [-0.4, -0.2) is 40.5 Å². The molecule has 0 aliphatic carbocycles. The summed E-state index contributed by atoms with van der Waals surface area (Å²) in [6.07, 6.45) is 3.65. The zero-order valence-corrected chi connectivity index (χ0v) is 15.8. The Kier molecular flexibility index (Phi) is 5.27. The number of benzene rings is 1. The van der Waals surface area contributed by atoms with E-state index >= 15 is 0 Å². The van der Waals surface area contributed by atoms with Crippen LogP contribution < -0.4 is 10.6 Å². The summed E-state index contributed by atoms with van der Waals surface area (Å²) in [4.78, 5) is 29.8. The standard InChI is InChI=1S/C20H19ClN4O3/c21-14-7-1-2-8-15(14)23-20(27)18-24-17(16-9-3-4-10-25(16)18)19(26)22-12-13-6-5-11-28-13/h1-4,7-10,13H,5-6,11-12H2,(H,22,26)(H,23,27). The van der Waals surface area contributed by atoms with E-state index in [9.17, 15) is 9.59 Å². The minimum atomic E-state index is -0.451. The fraction of sp³-hybridized carbons (Fsp3) is 0.250. The quantitative estimate of drug-likeness (QED) is 0.691. The first-order valence-corrected chi connectivity index (χ1v) is 9.44. The molecule has 2 amide bonds. The predicted molar refractivity (Wildman–Crippen MR) is 106 cm³/mol. The van der Waals surface area contributed by atoms with E-state index in [1.54, 1.807) is 53.1 Å². The average molecular weight is 399 g/mol. The molecule has 8 heteroatoms. The fourth-order valence-electron chi connectivity index (χ4n) is 3.20. The van der Waals surface area contributed by atoms with E-state index < -0.39 is 5.91 Å². The maximum atomic E-state index is 12.8. The van der Waals surface area contributed by atoms with Crippen molar-refractivity contribution in [1.82, 2.24) is 14.7 Å². The van der Waals surface area contributed by atoms with Crippen LogP contribution in [0.2, 0.25) is 5.02 Å². The molecule has 0 radical (unpaired) electrons. The number of imidazole rings is 1. The molecule has 1 fully saturated rings. The van der Waals surface area contributed by atoms with Crippen LogP contribution in [-0.2, 0) is 4.74 Å². The van der Waals surface area contributed by atoms with Gasteiger partial charge in [0.05, 0.1) is 22.3 Å². The molecule has 1 atom stereocenters. The molecule has 1 aromatic carbocycles. The first kappa shape index (κ1) is 18.5. The summed E-state index contributed by atoms with van der Waals surface area (Å²) < 4.78 is 7.12. The van der Waals surface area contributed by atoms with Crippen molar-refractivity contribution in [3.05, 3.63) is 65.2 Å². The monoisotopic (exact) mass is 398 g/mol. The predicted octanol–water partition coefficient (Wildman–Crippen LogP) is 3.15. The Balaban J connectivity index is 1.59. The molecule has 4 rings (SSSR count). The number of carbonyl (C=O) groups is 2. The number of rotatable bonds is 5. The number of pyridine rings is 1. The van der Waals surface area contributed by atoms with E-state index in [2.05, 4.69) is 15.6 Å². The lowest BCUT2D eigenvalue weighted by atomic mass is 10.2. The number of para-hydroxylation sites is 1. The summed E-state index contributed by atoms with van der Waals surface area (Å²) in [7, 11) is 0. The van der Waals surface area contributed by atoms with E-state index in [4.69, 9.17) is 16.3 Å². The Bertz CT molecular complexity index is 1030. The highest BCUT2D eigenvalue weighted by atomic mass is 35.5. The van der Waals surface area contributed by atoms with Gasteiger partial charge in [-0.15, -0.1) is 0 Å². The van der Waals surface area contributed by atoms with Gasteiger partial charge in [0.1, 0.15) is 0 Å². The van der Waals surface area contributed by atoms with Gasteiger partial charge in [0, 0.05) is 19.3 Å². The van der Waals surface area contributed by atoms with E-state index in [0.29, 0.717) is 22.8 Å². The Morgan fingerprint density at radius 3 is 2.79 bits per heavy atom. The minimum Gasteiger partial charge on any atom is -0.376 e. The summed E-state index contributed by atoms with van der Waals surface area (Å²) in [6, 6.07) is 12.3. The van der Waals surface area contributed by atoms with Crippen LogP contribution in [0.5, 0.6) is 0 Å². The molecule has 1 unspecified atom stereocenters. The van der Waals surface area contributed by atoms with Crippen LogP contribution in [0.25, 0.3) is 5.52 Å². The van der Waals surface area contributed by atoms with Gasteiger partial charge in [0.25, 0.3) is 11.8 Å². The third kappa shape index (κ3) is 3.72. The Morgan fingerprint density at radius 1 is 1.18 bits per heavy atom. The molecule has 0 bridgehead atoms. The lowest BCUT2D eigenvalue weighted by Crippen LogP contribution is -2.32. The van der Waals surface area contributed by atoms with Gasteiger partial charge in [-0.3, -0.25) is 14.0 Å². The molecule has 7 nitrogen and oxygen atoms in total. The van der Waals surface area contributed by atoms with Crippen molar-refractivity contribution < 1.29 is 14.3 Å². The maximum absolute atomic E-state index is 12.8. The molecule has 28 heavy (non-hydrogen) atoms. The molecule has 1 aliphatic rings. The number of nitrogens with zero attached hydrogens (tertiary/aromatic N) is 2. The second-order valence-electron chi connectivity index (χ2n) is 6.52. The van der Waals surface area contributed by atoms with Crippen LogP contribution in [0.3, 0.4) is 0 Å². The number of ether oxygens (including phenoxy) is 1. The molecule has 2 aromatic heterocycles. The van der Waals surface area contributed by atoms with Crippen molar-refractivity contribution in [3.8, 4) is 0 Å². The normalized spacial score (nSPS) is 16.2. The number of anilines is 1. The highest BCUT2D eigenvalue weighted by molar-refractivity contribution is 6.33. The van der Waals surface area contributed by atoms with Crippen LogP contribution in [0, 0.1) is 0 Å². The van der Waals surface area contributed by atoms with E-state index in [-0.39, 0.29) is 23.5 Å². The topological polar surface area (TPSA) is 84.7 Å². The van der Waals surface area contributed by atoms with Gasteiger partial charge in [0.2, 0.25) is 5.82 Å². The third-order valence-corrected chi connectivity index (χ3v) is 4.93. The minimum absolute atomic E-state index is 0.0285. The second kappa shape index (κ2) is 8.00. The summed E-state index contributed by atoms with van der Waals surface area (Å²) >= 11 is 6.12. The molecule has 1 aliphatic heterocycles. The first-order chi connectivity index (χ1) is 13.6. The van der Waals surface area contributed by atoms with Crippen molar-refractivity contribution in [2.75, 3.05) is 18.5 Å². The van der Waals surface area contributed by atoms with Gasteiger partial charge in [-0.1, -0.05) is 29.8 Å². The summed E-state index contributed by atoms with van der Waals surface area (Å²) in [5, 5.41) is 6.02. The van der Waals surface area contributed by atoms with E-state index in [1.807, 2.05) is 0 Å². The van der Waals surface area contributed by atoms with Crippen molar-refractivity contribution in [2.24, 2.45) is 0 Å². The molecule has 3 heterocycles. The number of carbonyl (C=O) groups excluding carboxylic acids is 2. The molecule has 1 saturated heterocycles. The van der Waals surface area contributed by atoms with Gasteiger partial charge in [-0.2, -0.15) is 0 Å². The van der Waals surface area contributed by atoms with Gasteiger partial charge >= 0.3 is 0 Å². The van der Waals surface area contributed by atoms with Crippen LogP contribution in [0.1, 0.15) is 33.9 Å². The van der Waals surface area contributed by atoms with Crippen molar-refractivity contribution in [3.63, 3.8) is 0 Å². The van der Waals surface area contributed by atoms with Crippen molar-refractivity contribution in [2.45, 2.75) is 18.9 Å². The SMILES string of the molecule is O=C(NCC1CCCO1)c1nc(C(=O)Nc2ccccc2Cl)n2ccccc12. The Morgan fingerprint density at radius 2 is 2.00 bits per heavy atom. The third-order valence-electron chi connectivity index (χ3n) is 4.60. The van der Waals surface area contributed by atoms with Crippen molar-refractivity contribution in [1.29, 1.82) is 0 Å². The number of hydrogen-bond acceptors (Lipinski definition) is 4. The summed E-state index contributed by atoms with van der Waals surface area (Å²) in [5.74, 6) is -0.679. The summed E-state index contributed by atoms with van der Waals surface area (Å²) in [6.45, 7) is 1.14. The number of aromatic nitrogens is 2. The molecule has 2 N–H and O–H groups in total. The van der Waals surface area contributed by atoms with Crippen LogP contribution in [0.15, 0.2) is 48.7 Å². The highest BCUT2D eigenvalue weighted by Crippen LogP contribution is 2.22. The Hall–Kier alpha value is -2.90. The van der Waals surface area contributed by atoms with Gasteiger partial charge in [-0.25, -0.2) is 4.98 Å². The smallest absolute Gasteiger partial charge is 0.292 e. The zero-order valence-electron chi connectivity index (χ0n) is 15.0. The maximum Gasteiger partial charge on any atom is 0.292 e. The number of halogens is 1. The molecule has 0 saturated carbocycles. The van der Waals surface area contributed by atoms with Gasteiger partial charge in [-0.05, 0) is 37.1 Å². The Labute approximate surface area is 166 Å². The number of hydrogen-bond donors (Lipinski definition) is 2. The molecular weight excluding hydrogens is 380 g/mol. The van der Waals surface area contributed by atoms with E-state index in [1.165, 1.54) is 0 Å². The largest absolute Gasteiger partial charge is 0.376 e. The van der Waals surface area contributed by atoms with Gasteiger partial charge < -0.3 is 15.4 Å². The summed E-state index contributed by atoms with van der Waals surface area (Å²) in [5.41, 5.74) is 1.23. The second-order valence-corrected chi connectivity index (χ2v) is 6.93. The van der Waals surface area contributed by atoms with Crippen molar-refractivity contribution >= 4 is 34.6 Å². The molecule has 144 valence electrons. The lowest BCUT2D eigenvalue weighted by Gasteiger charge is -2.09. The first-order valence-electron chi connectivity index (χ1n) is 9.06. The lowest BCUT2D eigenvalue weighted by molar-refractivity contribution is 0.0855. The number of nitrogens with one attached hydrogen (secondary N) is 2. The molecular formula is C20H19ClN4O3. The average Bonchev–Trinajstić information content (AvgIpc) is 3.36. The van der Waals surface area contributed by atoms with Crippen LogP contribution >= 0.6 is 11.6 Å². The zero-order chi connectivity index (χ0) is 19.5. The molecule has 3 aromatic rings. The van der Waals surface area contributed by atoms with E-state index in [0.717, 1.165) is 19.4 Å². The van der Waals surface area contributed by atoms with Gasteiger partial charge in [0.15, 0.2) is 5.69 Å². The number of fused-ring (bicyclic) bond motifs is 1. The number of amides is 2. The van der Waals surface area contributed by atoms with Crippen LogP contribution in [0.4, 0.5) is 5.69 Å². The highest BCUT2D eigenvalue weighted by Gasteiger charge is 2.23.